The number of thiazole rings is 1. The number of piperazine rings is 1. The Labute approximate surface area is 163 Å². The first kappa shape index (κ1) is 18.0. The minimum absolute atomic E-state index is 0.0579. The predicted octanol–water partition coefficient (Wildman–Crippen LogP) is 1.88. The molecule has 2 aliphatic heterocycles. The van der Waals surface area contributed by atoms with Crippen molar-refractivity contribution in [2.24, 2.45) is 5.92 Å². The average molecular weight is 385 g/mol. The molecule has 0 radical (unpaired) electrons. The summed E-state index contributed by atoms with van der Waals surface area (Å²) >= 11 is 1.62. The molecule has 0 aliphatic carbocycles. The van der Waals surface area contributed by atoms with Gasteiger partial charge in [-0.1, -0.05) is 30.3 Å². The van der Waals surface area contributed by atoms with Crippen molar-refractivity contribution in [3.05, 3.63) is 47.5 Å². The molecular formula is C20H24N4O2S. The lowest BCUT2D eigenvalue weighted by Crippen LogP contribution is -2.51. The number of anilines is 1. The molecule has 0 bridgehead atoms. The molecule has 2 fully saturated rings. The van der Waals surface area contributed by atoms with Gasteiger partial charge in [0.2, 0.25) is 11.8 Å². The first-order valence-electron chi connectivity index (χ1n) is 9.43. The summed E-state index contributed by atoms with van der Waals surface area (Å²) in [7, 11) is 0. The quantitative estimate of drug-likeness (QED) is 0.790. The molecule has 27 heavy (non-hydrogen) atoms. The van der Waals surface area contributed by atoms with Crippen LogP contribution < -0.4 is 4.90 Å². The maximum absolute atomic E-state index is 12.7. The number of carbonyl (C=O) groups is 2. The van der Waals surface area contributed by atoms with Crippen molar-refractivity contribution < 1.29 is 9.59 Å². The summed E-state index contributed by atoms with van der Waals surface area (Å²) in [5.74, 6) is 0.461. The summed E-state index contributed by atoms with van der Waals surface area (Å²) in [6.07, 6.45) is 3.24. The van der Waals surface area contributed by atoms with Gasteiger partial charge in [-0.15, -0.1) is 11.3 Å². The van der Waals surface area contributed by atoms with Gasteiger partial charge in [0.1, 0.15) is 0 Å². The molecular weight excluding hydrogens is 360 g/mol. The minimum atomic E-state index is 0.0579. The number of nitrogens with zero attached hydrogens (tertiary/aromatic N) is 4. The van der Waals surface area contributed by atoms with Crippen molar-refractivity contribution in [1.29, 1.82) is 0 Å². The molecule has 1 aromatic heterocycles. The predicted molar refractivity (Wildman–Crippen MR) is 106 cm³/mol. The van der Waals surface area contributed by atoms with E-state index in [0.29, 0.717) is 32.0 Å². The molecule has 2 aliphatic rings. The largest absolute Gasteiger partial charge is 0.345 e. The topological polar surface area (TPSA) is 56.8 Å². The highest BCUT2D eigenvalue weighted by Crippen LogP contribution is 2.23. The van der Waals surface area contributed by atoms with E-state index in [1.807, 2.05) is 34.7 Å². The molecule has 3 heterocycles. The highest BCUT2D eigenvalue weighted by atomic mass is 32.1. The highest BCUT2D eigenvalue weighted by molar-refractivity contribution is 7.13. The van der Waals surface area contributed by atoms with E-state index in [-0.39, 0.29) is 18.4 Å². The molecule has 6 nitrogen and oxygen atoms in total. The Bertz CT molecular complexity index is 773. The number of hydrogen-bond donors (Lipinski definition) is 0. The summed E-state index contributed by atoms with van der Waals surface area (Å²) in [5, 5.41) is 2.98. The number of hydrogen-bond acceptors (Lipinski definition) is 5. The zero-order chi connectivity index (χ0) is 18.6. The van der Waals surface area contributed by atoms with Gasteiger partial charge >= 0.3 is 0 Å². The van der Waals surface area contributed by atoms with Crippen molar-refractivity contribution in [2.75, 3.05) is 44.2 Å². The van der Waals surface area contributed by atoms with Gasteiger partial charge in [0.05, 0.1) is 6.54 Å². The number of likely N-dealkylation sites (tertiary alicyclic amines) is 1. The van der Waals surface area contributed by atoms with Gasteiger partial charge in [0.25, 0.3) is 0 Å². The Morgan fingerprint density at radius 2 is 1.93 bits per heavy atom. The van der Waals surface area contributed by atoms with E-state index in [2.05, 4.69) is 22.0 Å². The first-order valence-corrected chi connectivity index (χ1v) is 10.3. The smallest absolute Gasteiger partial charge is 0.242 e. The van der Waals surface area contributed by atoms with Gasteiger partial charge in [0, 0.05) is 50.7 Å². The molecule has 2 aromatic rings. The average Bonchev–Trinajstić information content (AvgIpc) is 3.33. The van der Waals surface area contributed by atoms with Crippen LogP contribution in [0.2, 0.25) is 0 Å². The lowest BCUT2D eigenvalue weighted by molar-refractivity contribution is -0.138. The van der Waals surface area contributed by atoms with Crippen molar-refractivity contribution in [1.82, 2.24) is 14.8 Å². The zero-order valence-electron chi connectivity index (χ0n) is 15.3. The Hall–Kier alpha value is -2.41. The van der Waals surface area contributed by atoms with Crippen LogP contribution in [0.25, 0.3) is 0 Å². The molecule has 1 atom stereocenters. The first-order chi connectivity index (χ1) is 13.2. The summed E-state index contributed by atoms with van der Waals surface area (Å²) < 4.78 is 0. The third-order valence-corrected chi connectivity index (χ3v) is 6.14. The van der Waals surface area contributed by atoms with Crippen LogP contribution >= 0.6 is 11.3 Å². The van der Waals surface area contributed by atoms with Crippen molar-refractivity contribution in [3.8, 4) is 0 Å². The van der Waals surface area contributed by atoms with Gasteiger partial charge in [-0.3, -0.25) is 9.59 Å². The van der Waals surface area contributed by atoms with E-state index in [1.54, 1.807) is 16.2 Å². The van der Waals surface area contributed by atoms with Crippen LogP contribution in [-0.4, -0.2) is 65.9 Å². The minimum Gasteiger partial charge on any atom is -0.345 e. The van der Waals surface area contributed by atoms with Crippen LogP contribution in [-0.2, 0) is 16.0 Å². The Morgan fingerprint density at radius 3 is 2.63 bits per heavy atom. The van der Waals surface area contributed by atoms with Gasteiger partial charge in [-0.2, -0.15) is 0 Å². The van der Waals surface area contributed by atoms with Crippen LogP contribution in [0.15, 0.2) is 41.9 Å². The second-order valence-electron chi connectivity index (χ2n) is 7.22. The Kier molecular flexibility index (Phi) is 5.38. The lowest BCUT2D eigenvalue weighted by Gasteiger charge is -2.35. The fourth-order valence-electron chi connectivity index (χ4n) is 3.87. The Balaban J connectivity index is 1.26. The number of aromatic nitrogens is 1. The lowest BCUT2D eigenvalue weighted by atomic mass is 9.99. The van der Waals surface area contributed by atoms with Crippen LogP contribution in [0.3, 0.4) is 0 Å². The zero-order valence-corrected chi connectivity index (χ0v) is 16.1. The molecule has 2 saturated heterocycles. The third-order valence-electron chi connectivity index (χ3n) is 5.31. The fourth-order valence-corrected chi connectivity index (χ4v) is 4.57. The molecule has 142 valence electrons. The van der Waals surface area contributed by atoms with Gasteiger partial charge in [-0.25, -0.2) is 4.98 Å². The van der Waals surface area contributed by atoms with Crippen molar-refractivity contribution >= 4 is 28.3 Å². The molecule has 1 unspecified atom stereocenters. The van der Waals surface area contributed by atoms with E-state index in [1.165, 1.54) is 5.56 Å². The number of amides is 2. The standard InChI is InChI=1S/C20H24N4O2S/c25-18-13-17(12-16-4-2-1-3-5-16)14-24(18)15-19(26)22-7-9-23(10-8-22)20-21-6-11-27-20/h1-6,11,17H,7-10,12-15H2. The SMILES string of the molecule is O=C(CN1CC(Cc2ccccc2)CC1=O)N1CCN(c2nccs2)CC1. The summed E-state index contributed by atoms with van der Waals surface area (Å²) in [6, 6.07) is 10.3. The molecule has 2 amide bonds. The van der Waals surface area contributed by atoms with Gasteiger partial charge in [-0.05, 0) is 17.9 Å². The van der Waals surface area contributed by atoms with Crippen LogP contribution in [0.4, 0.5) is 5.13 Å². The van der Waals surface area contributed by atoms with E-state index in [4.69, 9.17) is 0 Å². The Morgan fingerprint density at radius 1 is 1.15 bits per heavy atom. The molecule has 7 heteroatoms. The van der Waals surface area contributed by atoms with E-state index in [9.17, 15) is 9.59 Å². The molecule has 0 saturated carbocycles. The number of carbonyl (C=O) groups excluding carboxylic acids is 2. The molecule has 4 rings (SSSR count). The number of benzene rings is 1. The van der Waals surface area contributed by atoms with E-state index < -0.39 is 0 Å². The van der Waals surface area contributed by atoms with Crippen LogP contribution in [0.1, 0.15) is 12.0 Å². The molecule has 0 spiro atoms. The second-order valence-corrected chi connectivity index (χ2v) is 8.09. The third kappa shape index (κ3) is 4.30. The van der Waals surface area contributed by atoms with Crippen molar-refractivity contribution in [2.45, 2.75) is 12.8 Å². The van der Waals surface area contributed by atoms with Crippen LogP contribution in [0, 0.1) is 5.92 Å². The number of rotatable bonds is 5. The normalized spacial score (nSPS) is 20.4. The fraction of sp³-hybridized carbons (Fsp3) is 0.450. The van der Waals surface area contributed by atoms with E-state index in [0.717, 1.165) is 24.6 Å². The van der Waals surface area contributed by atoms with Crippen molar-refractivity contribution in [3.63, 3.8) is 0 Å². The maximum Gasteiger partial charge on any atom is 0.242 e. The van der Waals surface area contributed by atoms with E-state index >= 15 is 0 Å². The van der Waals surface area contributed by atoms with Gasteiger partial charge in [0.15, 0.2) is 5.13 Å². The second kappa shape index (κ2) is 8.08. The van der Waals surface area contributed by atoms with Gasteiger partial charge < -0.3 is 14.7 Å². The molecule has 0 N–H and O–H groups in total. The highest BCUT2D eigenvalue weighted by Gasteiger charge is 2.32. The molecule has 1 aromatic carbocycles. The summed E-state index contributed by atoms with van der Waals surface area (Å²) in [4.78, 5) is 35.2. The maximum atomic E-state index is 12.7. The summed E-state index contributed by atoms with van der Waals surface area (Å²) in [6.45, 7) is 3.86. The summed E-state index contributed by atoms with van der Waals surface area (Å²) in [5.41, 5.74) is 1.25. The van der Waals surface area contributed by atoms with Crippen LogP contribution in [0.5, 0.6) is 0 Å². The monoisotopic (exact) mass is 384 g/mol.